The number of halogens is 1. The lowest BCUT2D eigenvalue weighted by molar-refractivity contribution is 1.22. The molecule has 0 fully saturated rings. The molecule has 0 atom stereocenters. The average molecular weight is 465 g/mol. The summed E-state index contributed by atoms with van der Waals surface area (Å²) in [6.07, 6.45) is 0. The van der Waals surface area contributed by atoms with E-state index in [1.165, 1.54) is 30.0 Å². The van der Waals surface area contributed by atoms with Crippen LogP contribution in [-0.2, 0) is 0 Å². The molecule has 28 heavy (non-hydrogen) atoms. The SMILES string of the molecule is Cc1cc(S(Br)(c2ccccc2)c2ccccc2)ccc1Sc1ccccc1. The van der Waals surface area contributed by atoms with Gasteiger partial charge < -0.3 is 0 Å². The van der Waals surface area contributed by atoms with Crippen LogP contribution in [0.15, 0.2) is 134 Å². The minimum atomic E-state index is -1.48. The Kier molecular flexibility index (Phi) is 5.96. The van der Waals surface area contributed by atoms with Gasteiger partial charge in [-0.05, 0) is 81.9 Å². The normalized spacial score (nSPS) is 11.9. The van der Waals surface area contributed by atoms with Gasteiger partial charge >= 0.3 is 0 Å². The van der Waals surface area contributed by atoms with Crippen molar-refractivity contribution in [1.29, 1.82) is 0 Å². The maximum atomic E-state index is 4.21. The summed E-state index contributed by atoms with van der Waals surface area (Å²) in [6.45, 7) is 2.21. The zero-order valence-electron chi connectivity index (χ0n) is 15.6. The fourth-order valence-electron chi connectivity index (χ4n) is 3.15. The smallest absolute Gasteiger partial charge is 0.0152 e. The predicted octanol–water partition coefficient (Wildman–Crippen LogP) is 8.74. The van der Waals surface area contributed by atoms with Crippen molar-refractivity contribution in [3.63, 3.8) is 0 Å². The minimum absolute atomic E-state index is 1.27. The van der Waals surface area contributed by atoms with E-state index in [0.29, 0.717) is 0 Å². The highest BCUT2D eigenvalue weighted by molar-refractivity contribution is 9.58. The molecule has 0 amide bonds. The molecule has 0 spiro atoms. The van der Waals surface area contributed by atoms with E-state index in [1.54, 1.807) is 0 Å². The summed E-state index contributed by atoms with van der Waals surface area (Å²) >= 11 is 6.03. The van der Waals surface area contributed by atoms with Crippen molar-refractivity contribution >= 4 is 35.0 Å². The van der Waals surface area contributed by atoms with Crippen molar-refractivity contribution in [3.05, 3.63) is 115 Å². The number of hydrogen-bond acceptors (Lipinski definition) is 1. The van der Waals surface area contributed by atoms with E-state index in [0.717, 1.165) is 0 Å². The van der Waals surface area contributed by atoms with Gasteiger partial charge in [0, 0.05) is 24.5 Å². The van der Waals surface area contributed by atoms with Gasteiger partial charge in [-0.1, -0.05) is 66.4 Å². The molecule has 0 nitrogen and oxygen atoms in total. The standard InChI is InChI=1S/C25H21BrS2/c1-20-19-24(17-18-25(20)27-21-11-5-2-6-12-21)28(26,22-13-7-3-8-14-22)23-15-9-4-10-16-23/h2-19H,1H3. The Bertz CT molecular complexity index is 1010. The first-order valence-corrected chi connectivity index (χ1v) is 13.4. The topological polar surface area (TPSA) is 0 Å². The molecule has 0 N–H and O–H groups in total. The van der Waals surface area contributed by atoms with E-state index < -0.39 is 8.46 Å². The molecule has 0 aliphatic rings. The second-order valence-corrected chi connectivity index (χ2v) is 13.0. The van der Waals surface area contributed by atoms with Crippen LogP contribution in [-0.4, -0.2) is 0 Å². The van der Waals surface area contributed by atoms with E-state index in [9.17, 15) is 0 Å². The van der Waals surface area contributed by atoms with E-state index in [-0.39, 0.29) is 0 Å². The zero-order chi connectivity index (χ0) is 19.4. The molecule has 0 saturated heterocycles. The quantitative estimate of drug-likeness (QED) is 0.284. The van der Waals surface area contributed by atoms with Gasteiger partial charge in [-0.3, -0.25) is 0 Å². The highest BCUT2D eigenvalue weighted by Crippen LogP contribution is 2.74. The van der Waals surface area contributed by atoms with Crippen LogP contribution in [0, 0.1) is 6.92 Å². The van der Waals surface area contributed by atoms with E-state index in [2.05, 4.69) is 131 Å². The van der Waals surface area contributed by atoms with Gasteiger partial charge in [-0.25, -0.2) is 0 Å². The number of benzene rings is 4. The van der Waals surface area contributed by atoms with Crippen LogP contribution in [0.3, 0.4) is 0 Å². The first kappa shape index (κ1) is 19.4. The van der Waals surface area contributed by atoms with Crippen molar-refractivity contribution in [2.75, 3.05) is 0 Å². The van der Waals surface area contributed by atoms with Crippen LogP contribution in [0.5, 0.6) is 0 Å². The molecule has 140 valence electrons. The second kappa shape index (κ2) is 8.60. The Balaban J connectivity index is 1.78. The van der Waals surface area contributed by atoms with Gasteiger partial charge in [0.1, 0.15) is 0 Å². The molecule has 4 aromatic rings. The summed E-state index contributed by atoms with van der Waals surface area (Å²) in [5.41, 5.74) is 1.30. The van der Waals surface area contributed by atoms with Crippen molar-refractivity contribution in [2.24, 2.45) is 0 Å². The number of aryl methyl sites for hydroxylation is 1. The predicted molar refractivity (Wildman–Crippen MR) is 126 cm³/mol. The molecule has 0 aromatic heterocycles. The van der Waals surface area contributed by atoms with Gasteiger partial charge in [-0.15, -0.1) is 8.46 Å². The molecule has 0 radical (unpaired) electrons. The summed E-state index contributed by atoms with van der Waals surface area (Å²) in [7, 11) is -1.48. The molecule has 0 heterocycles. The number of hydrogen-bond donors (Lipinski definition) is 0. The largest absolute Gasteiger partial charge is 0.101 e. The molecule has 3 heteroatoms. The van der Waals surface area contributed by atoms with E-state index in [4.69, 9.17) is 0 Å². The summed E-state index contributed by atoms with van der Waals surface area (Å²) in [4.78, 5) is 6.50. The minimum Gasteiger partial charge on any atom is -0.101 e. The Morgan fingerprint density at radius 3 is 1.61 bits per heavy atom. The second-order valence-electron chi connectivity index (χ2n) is 6.51. The fourth-order valence-corrected chi connectivity index (χ4v) is 8.43. The van der Waals surface area contributed by atoms with Crippen LogP contribution in [0.2, 0.25) is 0 Å². The molecular weight excluding hydrogens is 444 g/mol. The maximum absolute atomic E-state index is 4.21. The molecule has 0 unspecified atom stereocenters. The first-order chi connectivity index (χ1) is 13.7. The third kappa shape index (κ3) is 3.93. The molecule has 0 bridgehead atoms. The zero-order valence-corrected chi connectivity index (χ0v) is 18.8. The molecule has 0 saturated carbocycles. The Labute approximate surface area is 180 Å². The van der Waals surface area contributed by atoms with Crippen LogP contribution >= 0.6 is 35.0 Å². The molecule has 4 rings (SSSR count). The molecule has 0 aliphatic carbocycles. The Hall–Kier alpha value is -1.94. The van der Waals surface area contributed by atoms with Crippen LogP contribution in [0.25, 0.3) is 0 Å². The third-order valence-electron chi connectivity index (χ3n) is 4.58. The molecule has 0 aliphatic heterocycles. The summed E-state index contributed by atoms with van der Waals surface area (Å²) < 4.78 is 0. The average Bonchev–Trinajstić information content (AvgIpc) is 2.76. The van der Waals surface area contributed by atoms with E-state index >= 15 is 0 Å². The van der Waals surface area contributed by atoms with Crippen molar-refractivity contribution in [3.8, 4) is 0 Å². The van der Waals surface area contributed by atoms with Crippen LogP contribution in [0.1, 0.15) is 5.56 Å². The highest BCUT2D eigenvalue weighted by atomic mass is 79.9. The van der Waals surface area contributed by atoms with Crippen molar-refractivity contribution < 1.29 is 0 Å². The monoisotopic (exact) mass is 464 g/mol. The van der Waals surface area contributed by atoms with Gasteiger partial charge in [0.05, 0.1) is 0 Å². The van der Waals surface area contributed by atoms with Crippen LogP contribution in [0.4, 0.5) is 0 Å². The fraction of sp³-hybridized carbons (Fsp3) is 0.0400. The van der Waals surface area contributed by atoms with Gasteiger partial charge in [0.25, 0.3) is 0 Å². The Morgan fingerprint density at radius 2 is 1.11 bits per heavy atom. The van der Waals surface area contributed by atoms with Crippen molar-refractivity contribution in [1.82, 2.24) is 0 Å². The van der Waals surface area contributed by atoms with Gasteiger partial charge in [-0.2, -0.15) is 0 Å². The third-order valence-corrected chi connectivity index (χ3v) is 11.9. The van der Waals surface area contributed by atoms with Crippen molar-refractivity contribution in [2.45, 2.75) is 31.4 Å². The molecular formula is C25H21BrS2. The maximum Gasteiger partial charge on any atom is 0.0152 e. The van der Waals surface area contributed by atoms with E-state index in [1.807, 2.05) is 11.8 Å². The van der Waals surface area contributed by atoms with Gasteiger partial charge in [0.2, 0.25) is 0 Å². The lowest BCUT2D eigenvalue weighted by Crippen LogP contribution is -1.97. The summed E-state index contributed by atoms with van der Waals surface area (Å²) in [5.74, 6) is 0. The van der Waals surface area contributed by atoms with Gasteiger partial charge in [0.15, 0.2) is 0 Å². The lowest BCUT2D eigenvalue weighted by atomic mass is 10.2. The Morgan fingerprint density at radius 1 is 0.607 bits per heavy atom. The summed E-state index contributed by atoms with van der Waals surface area (Å²) in [6, 6.07) is 38.9. The first-order valence-electron chi connectivity index (χ1n) is 9.15. The highest BCUT2D eigenvalue weighted by Gasteiger charge is 2.28. The lowest BCUT2D eigenvalue weighted by Gasteiger charge is -2.35. The van der Waals surface area contributed by atoms with Crippen LogP contribution < -0.4 is 0 Å². The molecule has 4 aromatic carbocycles. The summed E-state index contributed by atoms with van der Waals surface area (Å²) in [5, 5.41) is 0. The number of rotatable bonds is 5.